The Morgan fingerprint density at radius 1 is 1.24 bits per heavy atom. The zero-order valence-electron chi connectivity index (χ0n) is 16.5. The number of hydrogen-bond acceptors (Lipinski definition) is 8. The zero-order chi connectivity index (χ0) is 20.6. The summed E-state index contributed by atoms with van der Waals surface area (Å²) in [7, 11) is 1.47. The second kappa shape index (κ2) is 10.2. The van der Waals surface area contributed by atoms with E-state index < -0.39 is 5.97 Å². The van der Waals surface area contributed by atoms with Gasteiger partial charge in [-0.2, -0.15) is 0 Å². The Morgan fingerprint density at radius 2 is 2.03 bits per heavy atom. The highest BCUT2D eigenvalue weighted by Gasteiger charge is 2.19. The summed E-state index contributed by atoms with van der Waals surface area (Å²) in [5, 5.41) is 2.89. The van der Waals surface area contributed by atoms with Crippen molar-refractivity contribution in [2.75, 3.05) is 40.0 Å². The highest BCUT2D eigenvalue weighted by Crippen LogP contribution is 2.28. The molecule has 1 aromatic carbocycles. The van der Waals surface area contributed by atoms with E-state index in [0.29, 0.717) is 43.4 Å². The molecule has 0 atom stereocenters. The Bertz CT molecular complexity index is 847. The molecule has 1 saturated heterocycles. The number of nitrogens with zero attached hydrogens (tertiary/aromatic N) is 2. The largest absolute Gasteiger partial charge is 0.493 e. The molecule has 1 aromatic heterocycles. The second-order valence-corrected chi connectivity index (χ2v) is 7.25. The first-order chi connectivity index (χ1) is 14.1. The van der Waals surface area contributed by atoms with Crippen LogP contribution >= 0.6 is 11.3 Å². The number of amides is 1. The standard InChI is InChI=1S/C20H24N2O6S/c1-3-18-21-15(13-29-18)11-28-20(24)14-4-5-16(17(10-14)25-2)27-12-19(23)22-6-8-26-9-7-22/h4-5,10,13H,3,6-9,11-12H2,1-2H3. The normalized spacial score (nSPS) is 13.8. The molecule has 1 aliphatic rings. The summed E-state index contributed by atoms with van der Waals surface area (Å²) >= 11 is 1.55. The molecule has 0 saturated carbocycles. The van der Waals surface area contributed by atoms with Gasteiger partial charge in [-0.15, -0.1) is 11.3 Å². The van der Waals surface area contributed by atoms with Crippen molar-refractivity contribution < 1.29 is 28.5 Å². The average Bonchev–Trinajstić information content (AvgIpc) is 3.24. The molecule has 156 valence electrons. The fraction of sp³-hybridized carbons (Fsp3) is 0.450. The second-order valence-electron chi connectivity index (χ2n) is 6.31. The van der Waals surface area contributed by atoms with Crippen molar-refractivity contribution in [3.05, 3.63) is 39.8 Å². The minimum absolute atomic E-state index is 0.107. The van der Waals surface area contributed by atoms with Gasteiger partial charge in [-0.25, -0.2) is 9.78 Å². The number of thiazole rings is 1. The molecule has 0 N–H and O–H groups in total. The van der Waals surface area contributed by atoms with E-state index in [2.05, 4.69) is 4.98 Å². The number of aromatic nitrogens is 1. The topological polar surface area (TPSA) is 87.2 Å². The number of aryl methyl sites for hydroxylation is 1. The summed E-state index contributed by atoms with van der Waals surface area (Å²) in [6.07, 6.45) is 0.852. The van der Waals surface area contributed by atoms with Gasteiger partial charge in [-0.1, -0.05) is 6.92 Å². The molecule has 8 nitrogen and oxygen atoms in total. The van der Waals surface area contributed by atoms with Gasteiger partial charge in [0.05, 0.1) is 36.6 Å². The van der Waals surface area contributed by atoms with E-state index in [9.17, 15) is 9.59 Å². The monoisotopic (exact) mass is 420 g/mol. The lowest BCUT2D eigenvalue weighted by atomic mass is 10.2. The van der Waals surface area contributed by atoms with Crippen molar-refractivity contribution >= 4 is 23.2 Å². The van der Waals surface area contributed by atoms with Crippen LogP contribution in [0.4, 0.5) is 0 Å². The summed E-state index contributed by atoms with van der Waals surface area (Å²) in [4.78, 5) is 30.6. The van der Waals surface area contributed by atoms with E-state index in [1.807, 2.05) is 12.3 Å². The van der Waals surface area contributed by atoms with Crippen LogP contribution in [0.25, 0.3) is 0 Å². The minimum Gasteiger partial charge on any atom is -0.493 e. The number of hydrogen-bond donors (Lipinski definition) is 0. The lowest BCUT2D eigenvalue weighted by molar-refractivity contribution is -0.137. The van der Waals surface area contributed by atoms with Crippen LogP contribution in [0.1, 0.15) is 28.0 Å². The zero-order valence-corrected chi connectivity index (χ0v) is 17.3. The van der Waals surface area contributed by atoms with E-state index in [-0.39, 0.29) is 19.1 Å². The lowest BCUT2D eigenvalue weighted by Crippen LogP contribution is -2.43. The summed E-state index contributed by atoms with van der Waals surface area (Å²) in [6, 6.07) is 4.72. The molecule has 1 aliphatic heterocycles. The number of benzene rings is 1. The van der Waals surface area contributed by atoms with E-state index in [4.69, 9.17) is 18.9 Å². The van der Waals surface area contributed by atoms with E-state index in [1.165, 1.54) is 13.2 Å². The van der Waals surface area contributed by atoms with E-state index >= 15 is 0 Å². The molecular weight excluding hydrogens is 396 g/mol. The number of rotatable bonds is 8. The molecule has 9 heteroatoms. The number of esters is 1. The molecule has 3 rings (SSSR count). The summed E-state index contributed by atoms with van der Waals surface area (Å²) in [5.41, 5.74) is 1.06. The van der Waals surface area contributed by atoms with Gasteiger partial charge in [0, 0.05) is 18.5 Å². The van der Waals surface area contributed by atoms with Crippen LogP contribution in [0.5, 0.6) is 11.5 Å². The summed E-state index contributed by atoms with van der Waals surface area (Å²) in [6.45, 7) is 4.22. The number of ether oxygens (including phenoxy) is 4. The number of morpholine rings is 1. The molecule has 0 aliphatic carbocycles. The van der Waals surface area contributed by atoms with Gasteiger partial charge in [-0.3, -0.25) is 4.79 Å². The molecule has 2 aromatic rings. The van der Waals surface area contributed by atoms with Crippen molar-refractivity contribution in [3.8, 4) is 11.5 Å². The van der Waals surface area contributed by atoms with Gasteiger partial charge in [-0.05, 0) is 24.6 Å². The average molecular weight is 420 g/mol. The number of methoxy groups -OCH3 is 1. The number of carbonyl (C=O) groups excluding carboxylic acids is 2. The molecule has 1 amide bonds. The fourth-order valence-corrected chi connectivity index (χ4v) is 3.49. The maximum absolute atomic E-state index is 12.3. The van der Waals surface area contributed by atoms with Crippen LogP contribution in [0.2, 0.25) is 0 Å². The van der Waals surface area contributed by atoms with Gasteiger partial charge >= 0.3 is 5.97 Å². The number of carbonyl (C=O) groups is 2. The predicted octanol–water partition coefficient (Wildman–Crippen LogP) is 2.31. The van der Waals surface area contributed by atoms with E-state index in [0.717, 1.165) is 17.1 Å². The Kier molecular flexibility index (Phi) is 7.42. The Labute approximate surface area is 173 Å². The Hall–Kier alpha value is -2.65. The first kappa shape index (κ1) is 21.1. The third-order valence-corrected chi connectivity index (χ3v) is 5.41. The molecule has 2 heterocycles. The van der Waals surface area contributed by atoms with Crippen molar-refractivity contribution in [2.45, 2.75) is 20.0 Å². The highest BCUT2D eigenvalue weighted by molar-refractivity contribution is 7.09. The predicted molar refractivity (Wildman–Crippen MR) is 106 cm³/mol. The van der Waals surface area contributed by atoms with Crippen LogP contribution in [-0.4, -0.2) is 61.8 Å². The SMILES string of the molecule is CCc1nc(COC(=O)c2ccc(OCC(=O)N3CCOCC3)c(OC)c2)cs1. The van der Waals surface area contributed by atoms with Gasteiger partial charge < -0.3 is 23.8 Å². The van der Waals surface area contributed by atoms with Crippen molar-refractivity contribution in [3.63, 3.8) is 0 Å². The molecule has 0 bridgehead atoms. The first-order valence-electron chi connectivity index (χ1n) is 9.37. The van der Waals surface area contributed by atoms with Crippen molar-refractivity contribution in [1.29, 1.82) is 0 Å². The highest BCUT2D eigenvalue weighted by atomic mass is 32.1. The Morgan fingerprint density at radius 3 is 2.72 bits per heavy atom. The molecule has 0 radical (unpaired) electrons. The van der Waals surface area contributed by atoms with Gasteiger partial charge in [0.2, 0.25) is 0 Å². The smallest absolute Gasteiger partial charge is 0.338 e. The maximum atomic E-state index is 12.3. The molecule has 0 unspecified atom stereocenters. The molecule has 1 fully saturated rings. The summed E-state index contributed by atoms with van der Waals surface area (Å²) in [5.74, 6) is 0.146. The third-order valence-electron chi connectivity index (χ3n) is 4.37. The fourth-order valence-electron chi connectivity index (χ4n) is 2.76. The van der Waals surface area contributed by atoms with E-state index in [1.54, 1.807) is 28.4 Å². The van der Waals surface area contributed by atoms with Gasteiger partial charge in [0.25, 0.3) is 5.91 Å². The Balaban J connectivity index is 1.57. The molecule has 29 heavy (non-hydrogen) atoms. The summed E-state index contributed by atoms with van der Waals surface area (Å²) < 4.78 is 21.5. The lowest BCUT2D eigenvalue weighted by Gasteiger charge is -2.26. The van der Waals surface area contributed by atoms with Crippen LogP contribution in [0.3, 0.4) is 0 Å². The molecule has 0 spiro atoms. The first-order valence-corrected chi connectivity index (χ1v) is 10.3. The van der Waals surface area contributed by atoms with Gasteiger partial charge in [0.1, 0.15) is 6.61 Å². The van der Waals surface area contributed by atoms with Crippen molar-refractivity contribution in [2.24, 2.45) is 0 Å². The maximum Gasteiger partial charge on any atom is 0.338 e. The van der Waals surface area contributed by atoms with Crippen molar-refractivity contribution in [1.82, 2.24) is 9.88 Å². The third kappa shape index (κ3) is 5.68. The van der Waals surface area contributed by atoms with Crippen LogP contribution in [-0.2, 0) is 27.3 Å². The van der Waals surface area contributed by atoms with Gasteiger partial charge in [0.15, 0.2) is 18.1 Å². The molecular formula is C20H24N2O6S. The van der Waals surface area contributed by atoms with Crippen LogP contribution in [0.15, 0.2) is 23.6 Å². The van der Waals surface area contributed by atoms with Crippen LogP contribution < -0.4 is 9.47 Å². The quantitative estimate of drug-likeness (QED) is 0.606. The van der Waals surface area contributed by atoms with Crippen LogP contribution in [0, 0.1) is 0 Å². The minimum atomic E-state index is -0.481.